The highest BCUT2D eigenvalue weighted by Crippen LogP contribution is 2.23. The number of carboxylic acid groups (broad SMARTS) is 1. The highest BCUT2D eigenvalue weighted by Gasteiger charge is 2.25. The minimum Gasteiger partial charge on any atom is -0.480 e. The van der Waals surface area contributed by atoms with E-state index in [1.807, 2.05) is 30.3 Å². The Kier molecular flexibility index (Phi) is 5.81. The summed E-state index contributed by atoms with van der Waals surface area (Å²) in [6, 6.07) is 8.15. The van der Waals surface area contributed by atoms with Gasteiger partial charge in [-0.15, -0.1) is 0 Å². The van der Waals surface area contributed by atoms with Gasteiger partial charge < -0.3 is 15.7 Å². The van der Waals surface area contributed by atoms with Crippen molar-refractivity contribution in [3.05, 3.63) is 35.9 Å². The van der Waals surface area contributed by atoms with Crippen molar-refractivity contribution in [1.82, 2.24) is 10.6 Å². The molecule has 0 unspecified atom stereocenters. The molecule has 3 atom stereocenters. The van der Waals surface area contributed by atoms with E-state index in [1.165, 1.54) is 6.42 Å². The van der Waals surface area contributed by atoms with Crippen LogP contribution in [0.15, 0.2) is 30.3 Å². The summed E-state index contributed by atoms with van der Waals surface area (Å²) in [6.07, 6.45) is 4.67. The lowest BCUT2D eigenvalue weighted by Crippen LogP contribution is -2.51. The SMILES string of the molecule is C[C@H]1CCCC[C@@H]1NC(=O)N[C@@H](Cc1ccccc1)C(=O)O. The summed E-state index contributed by atoms with van der Waals surface area (Å²) in [5.74, 6) is -0.576. The van der Waals surface area contributed by atoms with Crippen LogP contribution in [0.2, 0.25) is 0 Å². The minimum absolute atomic E-state index is 0.139. The maximum atomic E-state index is 12.1. The zero-order valence-corrected chi connectivity index (χ0v) is 12.9. The Hall–Kier alpha value is -2.04. The maximum absolute atomic E-state index is 12.1. The van der Waals surface area contributed by atoms with Crippen LogP contribution in [0.1, 0.15) is 38.2 Å². The van der Waals surface area contributed by atoms with E-state index < -0.39 is 12.0 Å². The van der Waals surface area contributed by atoms with Crippen LogP contribution in [0.5, 0.6) is 0 Å². The molecule has 22 heavy (non-hydrogen) atoms. The second-order valence-corrected chi connectivity index (χ2v) is 6.07. The summed E-state index contributed by atoms with van der Waals surface area (Å²) in [7, 11) is 0. The van der Waals surface area contributed by atoms with Crippen LogP contribution < -0.4 is 10.6 Å². The lowest BCUT2D eigenvalue weighted by molar-refractivity contribution is -0.139. The Balaban J connectivity index is 1.90. The summed E-state index contributed by atoms with van der Waals surface area (Å²) in [4.78, 5) is 23.4. The van der Waals surface area contributed by atoms with Crippen LogP contribution in [-0.4, -0.2) is 29.2 Å². The molecule has 1 aromatic carbocycles. The zero-order chi connectivity index (χ0) is 15.9. The lowest BCUT2D eigenvalue weighted by Gasteiger charge is -2.30. The first kappa shape index (κ1) is 16.3. The lowest BCUT2D eigenvalue weighted by atomic mass is 9.86. The number of urea groups is 1. The number of amides is 2. The van der Waals surface area contributed by atoms with Gasteiger partial charge in [-0.1, -0.05) is 50.1 Å². The number of carbonyl (C=O) groups excluding carboxylic acids is 1. The topological polar surface area (TPSA) is 78.4 Å². The largest absolute Gasteiger partial charge is 0.480 e. The monoisotopic (exact) mass is 304 g/mol. The van der Waals surface area contributed by atoms with Crippen molar-refractivity contribution < 1.29 is 14.7 Å². The minimum atomic E-state index is -1.02. The molecule has 0 saturated heterocycles. The van der Waals surface area contributed by atoms with Gasteiger partial charge in [0.2, 0.25) is 0 Å². The maximum Gasteiger partial charge on any atom is 0.326 e. The van der Waals surface area contributed by atoms with Crippen LogP contribution in [0.25, 0.3) is 0 Å². The first-order chi connectivity index (χ1) is 10.6. The molecule has 0 spiro atoms. The molecule has 0 heterocycles. The molecule has 1 aliphatic carbocycles. The summed E-state index contributed by atoms with van der Waals surface area (Å²) in [5.41, 5.74) is 0.890. The average Bonchev–Trinajstić information content (AvgIpc) is 2.50. The number of benzene rings is 1. The molecule has 0 bridgehead atoms. The fraction of sp³-hybridized carbons (Fsp3) is 0.529. The molecule has 0 aromatic heterocycles. The number of rotatable bonds is 5. The molecule has 3 N–H and O–H groups in total. The van der Waals surface area contributed by atoms with Crippen LogP contribution in [0.4, 0.5) is 4.79 Å². The predicted molar refractivity (Wildman–Crippen MR) is 84.7 cm³/mol. The number of nitrogens with one attached hydrogen (secondary N) is 2. The van der Waals surface area contributed by atoms with Gasteiger partial charge in [-0.25, -0.2) is 9.59 Å². The molecule has 1 aromatic rings. The Morgan fingerprint density at radius 2 is 1.91 bits per heavy atom. The molecule has 0 radical (unpaired) electrons. The Labute approximate surface area is 131 Å². The Morgan fingerprint density at radius 1 is 1.23 bits per heavy atom. The van der Waals surface area contributed by atoms with E-state index in [9.17, 15) is 14.7 Å². The third-order valence-electron chi connectivity index (χ3n) is 4.31. The summed E-state index contributed by atoms with van der Waals surface area (Å²) in [6.45, 7) is 2.13. The van der Waals surface area contributed by atoms with Crippen LogP contribution >= 0.6 is 0 Å². The van der Waals surface area contributed by atoms with Crippen LogP contribution in [0, 0.1) is 5.92 Å². The fourth-order valence-electron chi connectivity index (χ4n) is 2.95. The molecule has 5 nitrogen and oxygen atoms in total. The van der Waals surface area contributed by atoms with Gasteiger partial charge in [0.05, 0.1) is 0 Å². The fourth-order valence-corrected chi connectivity index (χ4v) is 2.95. The van der Waals surface area contributed by atoms with E-state index in [1.54, 1.807) is 0 Å². The van der Waals surface area contributed by atoms with Crippen molar-refractivity contribution in [1.29, 1.82) is 0 Å². The normalized spacial score (nSPS) is 22.6. The second kappa shape index (κ2) is 7.82. The Bertz CT molecular complexity index is 504. The van der Waals surface area contributed by atoms with Gasteiger partial charge in [-0.3, -0.25) is 0 Å². The highest BCUT2D eigenvalue weighted by atomic mass is 16.4. The third-order valence-corrected chi connectivity index (χ3v) is 4.31. The van der Waals surface area contributed by atoms with Gasteiger partial charge in [0, 0.05) is 12.5 Å². The van der Waals surface area contributed by atoms with E-state index in [2.05, 4.69) is 17.6 Å². The number of hydrogen-bond donors (Lipinski definition) is 3. The van der Waals surface area contributed by atoms with E-state index in [0.29, 0.717) is 5.92 Å². The zero-order valence-electron chi connectivity index (χ0n) is 12.9. The van der Waals surface area contributed by atoms with Crippen molar-refractivity contribution in [3.63, 3.8) is 0 Å². The molecule has 1 aliphatic rings. The molecule has 2 rings (SSSR count). The van der Waals surface area contributed by atoms with Gasteiger partial charge >= 0.3 is 12.0 Å². The number of carboxylic acids is 1. The van der Waals surface area contributed by atoms with E-state index in [0.717, 1.165) is 24.8 Å². The van der Waals surface area contributed by atoms with Gasteiger partial charge in [0.25, 0.3) is 0 Å². The van der Waals surface area contributed by atoms with Crippen LogP contribution in [0.3, 0.4) is 0 Å². The average molecular weight is 304 g/mol. The number of carbonyl (C=O) groups is 2. The number of aliphatic carboxylic acids is 1. The quantitative estimate of drug-likeness (QED) is 0.782. The van der Waals surface area contributed by atoms with Crippen molar-refractivity contribution in [2.24, 2.45) is 5.92 Å². The second-order valence-electron chi connectivity index (χ2n) is 6.07. The number of hydrogen-bond acceptors (Lipinski definition) is 2. The van der Waals surface area contributed by atoms with E-state index in [4.69, 9.17) is 0 Å². The Morgan fingerprint density at radius 3 is 2.55 bits per heavy atom. The smallest absolute Gasteiger partial charge is 0.326 e. The van der Waals surface area contributed by atoms with E-state index >= 15 is 0 Å². The summed E-state index contributed by atoms with van der Waals surface area (Å²) >= 11 is 0. The van der Waals surface area contributed by atoms with E-state index in [-0.39, 0.29) is 18.5 Å². The molecule has 1 fully saturated rings. The van der Waals surface area contributed by atoms with Crippen molar-refractivity contribution in [3.8, 4) is 0 Å². The third kappa shape index (κ3) is 4.76. The van der Waals surface area contributed by atoms with Gasteiger partial charge in [0.1, 0.15) is 6.04 Å². The first-order valence-electron chi connectivity index (χ1n) is 7.90. The van der Waals surface area contributed by atoms with Gasteiger partial charge in [0.15, 0.2) is 0 Å². The molecule has 5 heteroatoms. The predicted octanol–water partition coefficient (Wildman–Crippen LogP) is 2.56. The highest BCUT2D eigenvalue weighted by molar-refractivity contribution is 5.82. The first-order valence-corrected chi connectivity index (χ1v) is 7.90. The standard InChI is InChI=1S/C17H24N2O3/c1-12-7-5-6-10-14(12)18-17(22)19-15(16(20)21)11-13-8-3-2-4-9-13/h2-4,8-9,12,14-15H,5-7,10-11H2,1H3,(H,20,21)(H2,18,19,22)/t12-,14-,15-/m0/s1. The van der Waals surface area contributed by atoms with Gasteiger partial charge in [-0.05, 0) is 24.3 Å². The summed E-state index contributed by atoms with van der Waals surface area (Å²) in [5, 5.41) is 14.8. The van der Waals surface area contributed by atoms with Gasteiger partial charge in [-0.2, -0.15) is 0 Å². The van der Waals surface area contributed by atoms with Crippen molar-refractivity contribution >= 4 is 12.0 Å². The molecule has 2 amide bonds. The molecular weight excluding hydrogens is 280 g/mol. The molecule has 1 saturated carbocycles. The van der Waals surface area contributed by atoms with Crippen LogP contribution in [-0.2, 0) is 11.2 Å². The van der Waals surface area contributed by atoms with Crippen molar-refractivity contribution in [2.45, 2.75) is 51.1 Å². The molecule has 120 valence electrons. The molecular formula is C17H24N2O3. The molecule has 0 aliphatic heterocycles. The summed E-state index contributed by atoms with van der Waals surface area (Å²) < 4.78 is 0. The van der Waals surface area contributed by atoms with Crippen molar-refractivity contribution in [2.75, 3.05) is 0 Å².